The number of esters is 3. The molecule has 12 heteroatoms. The summed E-state index contributed by atoms with van der Waals surface area (Å²) in [4.78, 5) is 47.4. The van der Waals surface area contributed by atoms with Crippen LogP contribution in [0.15, 0.2) is 0 Å². The summed E-state index contributed by atoms with van der Waals surface area (Å²) in [6.45, 7) is 5.06. The Morgan fingerprint density at radius 3 is 1.97 bits per heavy atom. The molecule has 0 bridgehead atoms. The van der Waals surface area contributed by atoms with Gasteiger partial charge >= 0.3 is 17.9 Å². The topological polar surface area (TPSA) is 117 Å². The number of rotatable bonds is 10. The molecule has 31 heavy (non-hydrogen) atoms. The first kappa shape index (κ1) is 27.9. The number of thioether (sulfide) groups is 1. The molecule has 1 rings (SSSR count). The number of thiol groups is 1. The Hall–Kier alpha value is -1.11. The van der Waals surface area contributed by atoms with Gasteiger partial charge in [-0.25, -0.2) is 0 Å². The van der Waals surface area contributed by atoms with E-state index in [0.29, 0.717) is 11.5 Å². The number of ether oxygens (including phenoxy) is 4. The third-order valence-corrected chi connectivity index (χ3v) is 7.56. The minimum Gasteiger partial charge on any atom is -0.456 e. The van der Waals surface area contributed by atoms with Crippen molar-refractivity contribution >= 4 is 59.1 Å². The van der Waals surface area contributed by atoms with Crippen LogP contribution in [-0.4, -0.2) is 89.5 Å². The first-order valence-corrected chi connectivity index (χ1v) is 13.6. The number of amides is 1. The van der Waals surface area contributed by atoms with Gasteiger partial charge in [0, 0.05) is 33.4 Å². The van der Waals surface area contributed by atoms with Gasteiger partial charge in [0.2, 0.25) is 5.91 Å². The first-order chi connectivity index (χ1) is 14.5. The maximum Gasteiger partial charge on any atom is 0.303 e. The third kappa shape index (κ3) is 9.11. The zero-order chi connectivity index (χ0) is 23.7. The molecule has 0 radical (unpaired) electrons. The van der Waals surface area contributed by atoms with Crippen molar-refractivity contribution in [1.29, 1.82) is 0 Å². The largest absolute Gasteiger partial charge is 0.456 e. The molecule has 1 fully saturated rings. The lowest BCUT2D eigenvalue weighted by Gasteiger charge is -2.46. The minimum absolute atomic E-state index is 0.110. The van der Waals surface area contributed by atoms with Crippen LogP contribution in [0.3, 0.4) is 0 Å². The summed E-state index contributed by atoms with van der Waals surface area (Å²) in [7, 11) is -0.110. The smallest absolute Gasteiger partial charge is 0.303 e. The Labute approximate surface area is 195 Å². The fourth-order valence-corrected chi connectivity index (χ4v) is 6.36. The Morgan fingerprint density at radius 1 is 1.00 bits per heavy atom. The van der Waals surface area contributed by atoms with E-state index in [9.17, 15) is 19.2 Å². The highest BCUT2D eigenvalue weighted by Crippen LogP contribution is 2.34. The van der Waals surface area contributed by atoms with Crippen LogP contribution in [0, 0.1) is 0 Å². The van der Waals surface area contributed by atoms with Crippen LogP contribution in [0.2, 0.25) is 0 Å². The summed E-state index contributed by atoms with van der Waals surface area (Å²) in [6.07, 6.45) is -0.191. The van der Waals surface area contributed by atoms with E-state index in [1.54, 1.807) is 6.26 Å². The standard InChI is InChI=1S/C19H31NO8S3/c1-10(21)20-14(9-31(6)8-7-29)15-16(25-11(2)22)17(26-12(3)23)18(27-13(4)24)19(28-15)30-5/h14-19H,7-9H2,1-6H3,(H-,20,21,29)/p+1/t14-,15+,16-,17-,18+,19+,31?/m0/s1. The van der Waals surface area contributed by atoms with E-state index in [-0.39, 0.29) is 16.8 Å². The van der Waals surface area contributed by atoms with Crippen molar-refractivity contribution in [1.82, 2.24) is 5.32 Å². The molecule has 0 spiro atoms. The molecule has 1 aliphatic heterocycles. The molecule has 1 aliphatic rings. The van der Waals surface area contributed by atoms with E-state index in [4.69, 9.17) is 18.9 Å². The summed E-state index contributed by atoms with van der Waals surface area (Å²) in [6, 6.07) is -0.527. The molecular weight excluding hydrogens is 466 g/mol. The zero-order valence-corrected chi connectivity index (χ0v) is 21.1. The van der Waals surface area contributed by atoms with Crippen LogP contribution >= 0.6 is 24.4 Å². The van der Waals surface area contributed by atoms with Crippen molar-refractivity contribution in [3.05, 3.63) is 0 Å². The van der Waals surface area contributed by atoms with Crippen LogP contribution in [0.1, 0.15) is 27.7 Å². The van der Waals surface area contributed by atoms with E-state index >= 15 is 0 Å². The maximum atomic E-state index is 11.9. The maximum absolute atomic E-state index is 11.9. The fraction of sp³-hybridized carbons (Fsp3) is 0.789. The fourth-order valence-electron chi connectivity index (χ4n) is 3.34. The first-order valence-electron chi connectivity index (χ1n) is 9.67. The van der Waals surface area contributed by atoms with Gasteiger partial charge in [-0.15, -0.1) is 11.8 Å². The minimum atomic E-state index is -1.10. The van der Waals surface area contributed by atoms with Gasteiger partial charge in [0.1, 0.15) is 29.1 Å². The van der Waals surface area contributed by atoms with Crippen molar-refractivity contribution < 1.29 is 38.1 Å². The highest BCUT2D eigenvalue weighted by atomic mass is 32.2. The Morgan fingerprint density at radius 2 is 1.52 bits per heavy atom. The van der Waals surface area contributed by atoms with E-state index < -0.39 is 53.8 Å². The van der Waals surface area contributed by atoms with Crippen molar-refractivity contribution in [2.45, 2.75) is 63.6 Å². The summed E-state index contributed by atoms with van der Waals surface area (Å²) in [5.74, 6) is -0.0389. The molecule has 7 atom stereocenters. The second-order valence-electron chi connectivity index (χ2n) is 7.11. The van der Waals surface area contributed by atoms with Gasteiger partial charge in [0.05, 0.1) is 6.26 Å². The van der Waals surface area contributed by atoms with E-state index in [1.165, 1.54) is 39.5 Å². The van der Waals surface area contributed by atoms with Gasteiger partial charge in [-0.1, -0.05) is 0 Å². The van der Waals surface area contributed by atoms with Crippen LogP contribution in [0.25, 0.3) is 0 Å². The summed E-state index contributed by atoms with van der Waals surface area (Å²) in [5, 5.41) is 2.89. The van der Waals surface area contributed by atoms with Crippen molar-refractivity contribution in [2.24, 2.45) is 0 Å². The predicted molar refractivity (Wildman–Crippen MR) is 123 cm³/mol. The summed E-state index contributed by atoms with van der Waals surface area (Å²) in [5.41, 5.74) is -0.704. The molecule has 0 aliphatic carbocycles. The Kier molecular flexibility index (Phi) is 12.1. The number of nitrogens with one attached hydrogen (secondary N) is 1. The molecule has 9 nitrogen and oxygen atoms in total. The number of carbonyl (C=O) groups excluding carboxylic acids is 4. The Bertz CT molecular complexity index is 650. The van der Waals surface area contributed by atoms with Gasteiger partial charge in [-0.05, 0) is 17.2 Å². The van der Waals surface area contributed by atoms with E-state index in [1.807, 2.05) is 6.26 Å². The molecular formula is C19H32NO8S3+. The molecule has 0 aromatic heterocycles. The van der Waals surface area contributed by atoms with Crippen molar-refractivity contribution in [3.63, 3.8) is 0 Å². The molecule has 0 saturated carbocycles. The lowest BCUT2D eigenvalue weighted by molar-refractivity contribution is -0.234. The molecule has 0 aromatic carbocycles. The van der Waals surface area contributed by atoms with Gasteiger partial charge < -0.3 is 24.3 Å². The van der Waals surface area contributed by atoms with Crippen molar-refractivity contribution in [2.75, 3.05) is 29.8 Å². The average Bonchev–Trinajstić information content (AvgIpc) is 2.62. The van der Waals surface area contributed by atoms with E-state index in [0.717, 1.165) is 5.75 Å². The van der Waals surface area contributed by atoms with E-state index in [2.05, 4.69) is 17.9 Å². The second-order valence-corrected chi connectivity index (χ2v) is 10.8. The van der Waals surface area contributed by atoms with Crippen LogP contribution in [0.5, 0.6) is 0 Å². The number of hydrogen-bond donors (Lipinski definition) is 2. The lowest BCUT2D eigenvalue weighted by Crippen LogP contribution is -2.66. The monoisotopic (exact) mass is 498 g/mol. The molecule has 1 N–H and O–H groups in total. The van der Waals surface area contributed by atoms with Crippen LogP contribution in [0.4, 0.5) is 0 Å². The second kappa shape index (κ2) is 13.4. The predicted octanol–water partition coefficient (Wildman–Crippen LogP) is 0.552. The number of hydrogen-bond acceptors (Lipinski definition) is 10. The quantitative estimate of drug-likeness (QED) is 0.193. The summed E-state index contributed by atoms with van der Waals surface area (Å²) < 4.78 is 22.6. The zero-order valence-electron chi connectivity index (χ0n) is 18.6. The highest BCUT2D eigenvalue weighted by molar-refractivity contribution is 7.99. The lowest BCUT2D eigenvalue weighted by atomic mass is 9.94. The average molecular weight is 499 g/mol. The van der Waals surface area contributed by atoms with Gasteiger partial charge in [-0.2, -0.15) is 12.6 Å². The summed E-state index contributed by atoms with van der Waals surface area (Å²) >= 11 is 5.54. The number of carbonyl (C=O) groups is 4. The molecule has 1 heterocycles. The van der Waals surface area contributed by atoms with Gasteiger partial charge in [0.25, 0.3) is 0 Å². The molecule has 1 saturated heterocycles. The molecule has 0 aromatic rings. The third-order valence-electron chi connectivity index (χ3n) is 4.36. The molecule has 1 amide bonds. The van der Waals surface area contributed by atoms with Gasteiger partial charge in [-0.3, -0.25) is 19.2 Å². The molecule has 178 valence electrons. The molecule has 1 unspecified atom stereocenters. The normalized spacial score (nSPS) is 27.5. The van der Waals surface area contributed by atoms with Crippen LogP contribution in [-0.2, 0) is 49.0 Å². The van der Waals surface area contributed by atoms with Crippen molar-refractivity contribution in [3.8, 4) is 0 Å². The Balaban J connectivity index is 3.42. The SMILES string of the molecule is CS[C@H]1O[C@H]([C@H](C[S+](C)CCS)NC(C)=O)[C@H](OC(C)=O)[C@H](OC(C)=O)[C@H]1OC(C)=O. The van der Waals surface area contributed by atoms with Gasteiger partial charge in [0.15, 0.2) is 18.3 Å². The highest BCUT2D eigenvalue weighted by Gasteiger charge is 2.54. The van der Waals surface area contributed by atoms with Crippen LogP contribution < -0.4 is 5.32 Å².